The summed E-state index contributed by atoms with van der Waals surface area (Å²) in [5.41, 5.74) is 0. The summed E-state index contributed by atoms with van der Waals surface area (Å²) in [6.45, 7) is 0. The van der Waals surface area contributed by atoms with Gasteiger partial charge in [0.25, 0.3) is 0 Å². The number of hydrogen-bond acceptors (Lipinski definition) is 4. The van der Waals surface area contributed by atoms with E-state index in [4.69, 9.17) is 23.5 Å². The molecular formula is C12H13NaO5S. The summed E-state index contributed by atoms with van der Waals surface area (Å²) < 4.78 is 24.1. The Hall–Kier alpha value is -0.890. The van der Waals surface area contributed by atoms with Crippen LogP contribution in [0.1, 0.15) is 0 Å². The van der Waals surface area contributed by atoms with Gasteiger partial charge in [0.2, 0.25) is 0 Å². The quantitative estimate of drug-likeness (QED) is 0.433. The fraction of sp³-hybridized carbons (Fsp3) is 0. The van der Waals surface area contributed by atoms with E-state index in [0.717, 1.165) is 0 Å². The van der Waals surface area contributed by atoms with Crippen molar-refractivity contribution in [1.29, 1.82) is 0 Å². The Labute approximate surface area is 136 Å². The van der Waals surface area contributed by atoms with Crippen molar-refractivity contribution in [2.45, 2.75) is 0 Å². The molecule has 2 rings (SSSR count). The third kappa shape index (κ3) is 17.1. The van der Waals surface area contributed by atoms with Gasteiger partial charge in [0.15, 0.2) is 0 Å². The zero-order chi connectivity index (χ0) is 13.8. The van der Waals surface area contributed by atoms with E-state index in [9.17, 15) is 0 Å². The van der Waals surface area contributed by atoms with Gasteiger partial charge in [0.05, 0.1) is 11.4 Å². The normalized spacial score (nSPS) is 9.58. The Morgan fingerprint density at radius 1 is 0.789 bits per heavy atom. The Kier molecular flexibility index (Phi) is 14.6. The Balaban J connectivity index is 0. The second-order valence-electron chi connectivity index (χ2n) is 2.89. The van der Waals surface area contributed by atoms with Crippen LogP contribution < -0.4 is 29.6 Å². The Morgan fingerprint density at radius 2 is 1.00 bits per heavy atom. The molecule has 7 heteroatoms. The first-order valence-corrected chi connectivity index (χ1v) is 5.82. The predicted molar refractivity (Wildman–Crippen MR) is 67.8 cm³/mol. The van der Waals surface area contributed by atoms with E-state index >= 15 is 0 Å². The number of aromatic hydroxyl groups is 2. The minimum atomic E-state index is -2.86. The molecule has 0 amide bonds. The summed E-state index contributed by atoms with van der Waals surface area (Å²) >= 11 is -2.86. The van der Waals surface area contributed by atoms with Gasteiger partial charge in [0, 0.05) is 0 Å². The maximum Gasteiger partial charge on any atom is 1.00 e. The smallest absolute Gasteiger partial charge is 0.750 e. The molecule has 0 aliphatic rings. The van der Waals surface area contributed by atoms with Crippen LogP contribution in [0, 0.1) is 0 Å². The van der Waals surface area contributed by atoms with E-state index in [1.54, 1.807) is 48.5 Å². The van der Waals surface area contributed by atoms with E-state index in [1.807, 2.05) is 12.1 Å². The van der Waals surface area contributed by atoms with Crippen molar-refractivity contribution in [1.82, 2.24) is 0 Å². The summed E-state index contributed by atoms with van der Waals surface area (Å²) in [7, 11) is 0. The van der Waals surface area contributed by atoms with Gasteiger partial charge < -0.3 is 19.3 Å². The van der Waals surface area contributed by atoms with Crippen LogP contribution in [0.25, 0.3) is 0 Å². The molecule has 3 N–H and O–H groups in total. The van der Waals surface area contributed by atoms with E-state index < -0.39 is 11.4 Å². The zero-order valence-electron chi connectivity index (χ0n) is 10.3. The first-order valence-electron chi connectivity index (χ1n) is 4.78. The Bertz CT molecular complexity index is 397. The van der Waals surface area contributed by atoms with Crippen molar-refractivity contribution >= 4 is 11.4 Å². The van der Waals surface area contributed by atoms with Gasteiger partial charge in [-0.2, -0.15) is 0 Å². The van der Waals surface area contributed by atoms with Crippen molar-refractivity contribution in [2.75, 3.05) is 0 Å². The summed E-state index contributed by atoms with van der Waals surface area (Å²) in [5.74, 6) is 0.644. The predicted octanol–water partition coefficient (Wildman–Crippen LogP) is -0.873. The average molecular weight is 292 g/mol. The number of benzene rings is 2. The fourth-order valence-corrected chi connectivity index (χ4v) is 0.856. The molecule has 0 bridgehead atoms. The minimum absolute atomic E-state index is 0. The van der Waals surface area contributed by atoms with Crippen LogP contribution in [0.4, 0.5) is 0 Å². The van der Waals surface area contributed by atoms with Crippen molar-refractivity contribution in [3.63, 3.8) is 0 Å². The van der Waals surface area contributed by atoms with Gasteiger partial charge in [-0.3, -0.25) is 0 Å². The molecular weight excluding hydrogens is 279 g/mol. The van der Waals surface area contributed by atoms with E-state index in [1.165, 1.54) is 0 Å². The molecule has 5 nitrogen and oxygen atoms in total. The van der Waals surface area contributed by atoms with E-state index in [2.05, 4.69) is 0 Å². The van der Waals surface area contributed by atoms with Gasteiger partial charge in [-0.25, -0.2) is 4.21 Å². The van der Waals surface area contributed by atoms with Crippen LogP contribution in [-0.2, 0) is 11.4 Å². The molecule has 98 valence electrons. The van der Waals surface area contributed by atoms with Crippen LogP contribution in [0.2, 0.25) is 0 Å². The first kappa shape index (κ1) is 20.4. The summed E-state index contributed by atoms with van der Waals surface area (Å²) in [4.78, 5) is 0. The molecule has 0 spiro atoms. The molecule has 0 aliphatic carbocycles. The maximum absolute atomic E-state index is 8.63. The summed E-state index contributed by atoms with van der Waals surface area (Å²) in [6.07, 6.45) is 0. The maximum atomic E-state index is 8.63. The third-order valence-corrected chi connectivity index (χ3v) is 1.51. The number of phenolic OH excluding ortho intramolecular Hbond substituents is 2. The topological polar surface area (TPSA) is 101 Å². The van der Waals surface area contributed by atoms with Crippen LogP contribution in [0.15, 0.2) is 60.7 Å². The molecule has 0 fully saturated rings. The molecule has 0 heterocycles. The van der Waals surface area contributed by atoms with Crippen molar-refractivity contribution in [2.24, 2.45) is 0 Å². The van der Waals surface area contributed by atoms with Crippen molar-refractivity contribution in [3.8, 4) is 11.5 Å². The molecule has 2 aromatic carbocycles. The number of rotatable bonds is 0. The third-order valence-electron chi connectivity index (χ3n) is 1.51. The molecule has 0 saturated heterocycles. The SMILES string of the molecule is O=S([O-])O.Oc1ccccc1.Oc1ccccc1.[Na+]. The molecule has 0 aromatic heterocycles. The van der Waals surface area contributed by atoms with Crippen LogP contribution in [0.3, 0.4) is 0 Å². The molecule has 0 saturated carbocycles. The van der Waals surface area contributed by atoms with Crippen LogP contribution >= 0.6 is 0 Å². The molecule has 0 radical (unpaired) electrons. The largest absolute Gasteiger partial charge is 1.00 e. The Morgan fingerprint density at radius 3 is 1.11 bits per heavy atom. The van der Waals surface area contributed by atoms with Crippen LogP contribution in [0.5, 0.6) is 11.5 Å². The van der Waals surface area contributed by atoms with E-state index in [0.29, 0.717) is 11.5 Å². The summed E-state index contributed by atoms with van der Waals surface area (Å²) in [6, 6.07) is 17.4. The fourth-order valence-electron chi connectivity index (χ4n) is 0.856. The monoisotopic (exact) mass is 292 g/mol. The standard InChI is InChI=1S/2C6H6O.Na.H2O3S/c2*7-6-4-2-1-3-5-6;;1-4(2)3/h2*1-5,7H;;(H2,1,2,3)/q;;+1;/p-1. The van der Waals surface area contributed by atoms with Gasteiger partial charge in [-0.1, -0.05) is 36.4 Å². The number of phenols is 2. The molecule has 0 aliphatic heterocycles. The van der Waals surface area contributed by atoms with Gasteiger partial charge in [0.1, 0.15) is 11.5 Å². The minimum Gasteiger partial charge on any atom is -0.750 e. The second-order valence-corrected chi connectivity index (χ2v) is 3.32. The summed E-state index contributed by atoms with van der Waals surface area (Å²) in [5, 5.41) is 17.3. The van der Waals surface area contributed by atoms with Gasteiger partial charge in [-0.15, -0.1) is 0 Å². The van der Waals surface area contributed by atoms with Gasteiger partial charge >= 0.3 is 29.6 Å². The van der Waals surface area contributed by atoms with Crippen LogP contribution in [-0.4, -0.2) is 23.5 Å². The average Bonchev–Trinajstić information content (AvgIpc) is 2.31. The van der Waals surface area contributed by atoms with Crippen molar-refractivity contribution in [3.05, 3.63) is 60.7 Å². The molecule has 1 unspecified atom stereocenters. The number of hydrogen-bond donors (Lipinski definition) is 3. The molecule has 19 heavy (non-hydrogen) atoms. The molecule has 1 atom stereocenters. The first-order chi connectivity index (χ1) is 8.52. The molecule has 2 aromatic rings. The van der Waals surface area contributed by atoms with Gasteiger partial charge in [-0.05, 0) is 24.3 Å². The van der Waals surface area contributed by atoms with Crippen molar-refractivity contribution < 1.29 is 53.1 Å². The van der Waals surface area contributed by atoms with E-state index in [-0.39, 0.29) is 29.6 Å². The zero-order valence-corrected chi connectivity index (χ0v) is 13.2. The number of para-hydroxylation sites is 2. The second kappa shape index (κ2) is 13.5.